The van der Waals surface area contributed by atoms with E-state index in [-0.39, 0.29) is 0 Å². The predicted octanol–water partition coefficient (Wildman–Crippen LogP) is 6.66. The molecule has 168 valence electrons. The molecule has 0 amide bonds. The van der Waals surface area contributed by atoms with Gasteiger partial charge in [-0.2, -0.15) is 61.5 Å². The Balaban J connectivity index is 6.50. The summed E-state index contributed by atoms with van der Waals surface area (Å²) in [4.78, 5) is 0. The molecular formula is C12H8F16. The number of hydrogen-bond donors (Lipinski definition) is 0. The Kier molecular flexibility index (Phi) is 6.79. The Morgan fingerprint density at radius 2 is 0.893 bits per heavy atom. The van der Waals surface area contributed by atoms with Gasteiger partial charge in [-0.05, 0) is 6.42 Å². The minimum atomic E-state index is -8.33. The summed E-state index contributed by atoms with van der Waals surface area (Å²) in [5.74, 6) is -53.9. The normalized spacial score (nSPS) is 15.9. The molecule has 0 radical (unpaired) electrons. The van der Waals surface area contributed by atoms with Crippen molar-refractivity contribution in [3.63, 3.8) is 0 Å². The van der Waals surface area contributed by atoms with Crippen LogP contribution in [0.4, 0.5) is 70.2 Å². The fourth-order valence-corrected chi connectivity index (χ4v) is 1.61. The van der Waals surface area contributed by atoms with Crippen LogP contribution in [0, 0.1) is 0 Å². The van der Waals surface area contributed by atoms with Crippen molar-refractivity contribution in [1.82, 2.24) is 0 Å². The number of allylic oxidation sites excluding steroid dienone is 1. The molecule has 0 nitrogen and oxygen atoms in total. The number of alkyl halides is 16. The first-order valence-electron chi connectivity index (χ1n) is 6.54. The minimum Gasteiger partial charge on any atom is -0.203 e. The van der Waals surface area contributed by atoms with E-state index in [1.807, 2.05) is 0 Å². The number of rotatable bonds is 10. The highest BCUT2D eigenvalue weighted by Gasteiger charge is 2.93. The van der Waals surface area contributed by atoms with Crippen molar-refractivity contribution >= 4 is 0 Å². The van der Waals surface area contributed by atoms with Gasteiger partial charge in [-0.3, -0.25) is 0 Å². The summed E-state index contributed by atoms with van der Waals surface area (Å²) in [5, 5.41) is 0. The summed E-state index contributed by atoms with van der Waals surface area (Å²) in [6.45, 7) is 2.68. The fourth-order valence-electron chi connectivity index (χ4n) is 1.61. The minimum absolute atomic E-state index is 0.381. The lowest BCUT2D eigenvalue weighted by Gasteiger charge is -2.42. The van der Waals surface area contributed by atoms with Crippen LogP contribution in [0.3, 0.4) is 0 Å². The summed E-state index contributed by atoms with van der Waals surface area (Å²) >= 11 is 0. The summed E-state index contributed by atoms with van der Waals surface area (Å²) in [5.41, 5.74) is 0. The SMILES string of the molecule is C=CCCC(F)(F)C(F)(F)C(F)(F)C(F)(F)C(F)(F)C(F)(F)C(F)(F)C(F)F. The highest BCUT2D eigenvalue weighted by Crippen LogP contribution is 2.63. The van der Waals surface area contributed by atoms with E-state index in [4.69, 9.17) is 0 Å². The maximum atomic E-state index is 13.3. The molecule has 0 aliphatic heterocycles. The third kappa shape index (κ3) is 3.39. The van der Waals surface area contributed by atoms with Gasteiger partial charge >= 0.3 is 47.9 Å². The average molecular weight is 456 g/mol. The largest absolute Gasteiger partial charge is 0.384 e. The van der Waals surface area contributed by atoms with Gasteiger partial charge in [0, 0.05) is 6.42 Å². The van der Waals surface area contributed by atoms with Crippen molar-refractivity contribution in [3.8, 4) is 0 Å². The zero-order valence-corrected chi connectivity index (χ0v) is 12.8. The van der Waals surface area contributed by atoms with E-state index in [1.165, 1.54) is 0 Å². The van der Waals surface area contributed by atoms with Gasteiger partial charge < -0.3 is 0 Å². The number of halogens is 16. The second-order valence-electron chi connectivity index (χ2n) is 5.33. The third-order valence-electron chi connectivity index (χ3n) is 3.39. The van der Waals surface area contributed by atoms with Crippen molar-refractivity contribution in [2.45, 2.75) is 60.7 Å². The lowest BCUT2D eigenvalue weighted by Crippen LogP contribution is -2.73. The predicted molar refractivity (Wildman–Crippen MR) is 60.1 cm³/mol. The third-order valence-corrected chi connectivity index (χ3v) is 3.39. The first-order valence-corrected chi connectivity index (χ1v) is 6.54. The van der Waals surface area contributed by atoms with Crippen LogP contribution in [-0.4, -0.2) is 47.9 Å². The van der Waals surface area contributed by atoms with Gasteiger partial charge in [-0.1, -0.05) is 6.08 Å². The van der Waals surface area contributed by atoms with E-state index >= 15 is 0 Å². The van der Waals surface area contributed by atoms with Crippen molar-refractivity contribution in [3.05, 3.63) is 12.7 Å². The quantitative estimate of drug-likeness (QED) is 0.255. The van der Waals surface area contributed by atoms with Crippen LogP contribution in [0.2, 0.25) is 0 Å². The first-order chi connectivity index (χ1) is 12.0. The molecule has 0 saturated carbocycles. The zero-order chi connectivity index (χ0) is 23.2. The molecule has 0 aliphatic rings. The van der Waals surface area contributed by atoms with Crippen LogP contribution < -0.4 is 0 Å². The summed E-state index contributed by atoms with van der Waals surface area (Å²) in [6, 6.07) is 0. The van der Waals surface area contributed by atoms with Gasteiger partial charge in [-0.25, -0.2) is 8.78 Å². The molecule has 0 fully saturated rings. The molecule has 0 heterocycles. The van der Waals surface area contributed by atoms with E-state index in [2.05, 4.69) is 6.58 Å². The summed E-state index contributed by atoms with van der Waals surface area (Å²) < 4.78 is 206. The second kappa shape index (κ2) is 7.15. The molecule has 0 rings (SSSR count). The molecule has 28 heavy (non-hydrogen) atoms. The van der Waals surface area contributed by atoms with Crippen LogP contribution in [-0.2, 0) is 0 Å². The second-order valence-corrected chi connectivity index (χ2v) is 5.33. The molecule has 0 saturated heterocycles. The van der Waals surface area contributed by atoms with Gasteiger partial charge in [0.2, 0.25) is 0 Å². The van der Waals surface area contributed by atoms with Crippen LogP contribution >= 0.6 is 0 Å². The van der Waals surface area contributed by atoms with Gasteiger partial charge in [0.25, 0.3) is 0 Å². The highest BCUT2D eigenvalue weighted by atomic mass is 19.4. The van der Waals surface area contributed by atoms with E-state index in [9.17, 15) is 70.2 Å². The Bertz CT molecular complexity index is 560. The summed E-state index contributed by atoms with van der Waals surface area (Å²) in [7, 11) is 0. The molecule has 0 unspecified atom stereocenters. The first kappa shape index (κ1) is 26.6. The van der Waals surface area contributed by atoms with Gasteiger partial charge in [0.15, 0.2) is 0 Å². The van der Waals surface area contributed by atoms with Crippen molar-refractivity contribution in [1.29, 1.82) is 0 Å². The van der Waals surface area contributed by atoms with Crippen LogP contribution in [0.1, 0.15) is 12.8 Å². The average Bonchev–Trinajstić information content (AvgIpc) is 2.51. The van der Waals surface area contributed by atoms with Crippen molar-refractivity contribution in [2.75, 3.05) is 0 Å². The molecule has 0 aromatic heterocycles. The maximum absolute atomic E-state index is 13.3. The van der Waals surface area contributed by atoms with E-state index in [0.29, 0.717) is 6.08 Å². The Morgan fingerprint density at radius 3 is 1.21 bits per heavy atom. The van der Waals surface area contributed by atoms with Crippen LogP contribution in [0.5, 0.6) is 0 Å². The number of hydrogen-bond acceptors (Lipinski definition) is 0. The Hall–Kier alpha value is -1.38. The fraction of sp³-hybridized carbons (Fsp3) is 0.833. The van der Waals surface area contributed by atoms with E-state index < -0.39 is 60.7 Å². The van der Waals surface area contributed by atoms with Gasteiger partial charge in [0.1, 0.15) is 0 Å². The monoisotopic (exact) mass is 456 g/mol. The van der Waals surface area contributed by atoms with Crippen molar-refractivity contribution < 1.29 is 70.2 Å². The lowest BCUT2D eigenvalue weighted by atomic mass is 9.88. The Morgan fingerprint density at radius 1 is 0.571 bits per heavy atom. The molecule has 0 N–H and O–H groups in total. The van der Waals surface area contributed by atoms with Crippen LogP contribution in [0.25, 0.3) is 0 Å². The van der Waals surface area contributed by atoms with Crippen molar-refractivity contribution in [2.24, 2.45) is 0 Å². The zero-order valence-electron chi connectivity index (χ0n) is 12.8. The molecule has 0 atom stereocenters. The smallest absolute Gasteiger partial charge is 0.203 e. The Labute approximate surface area is 145 Å². The van der Waals surface area contributed by atoms with Gasteiger partial charge in [0.05, 0.1) is 0 Å². The molecule has 0 bridgehead atoms. The maximum Gasteiger partial charge on any atom is 0.384 e. The molecule has 0 spiro atoms. The van der Waals surface area contributed by atoms with E-state index in [1.54, 1.807) is 0 Å². The topological polar surface area (TPSA) is 0 Å². The molecule has 0 aromatic carbocycles. The summed E-state index contributed by atoms with van der Waals surface area (Å²) in [6.07, 6.45) is -9.15. The molecule has 16 heteroatoms. The molecule has 0 aromatic rings. The van der Waals surface area contributed by atoms with Crippen LogP contribution in [0.15, 0.2) is 12.7 Å². The molecule has 0 aliphatic carbocycles. The lowest BCUT2D eigenvalue weighted by molar-refractivity contribution is -0.447. The van der Waals surface area contributed by atoms with E-state index in [0.717, 1.165) is 0 Å². The van der Waals surface area contributed by atoms with Gasteiger partial charge in [-0.15, -0.1) is 6.58 Å². The highest BCUT2D eigenvalue weighted by molar-refractivity contribution is 5.14. The molecular weight excluding hydrogens is 448 g/mol. The standard InChI is InChI=1S/C12H8F16/c1-2-3-4-6(15,16)8(19,20)10(23,24)12(27,28)11(25,26)9(21,22)7(17,18)5(13)14/h2,5H,1,3-4H2.